The molecule has 2 aromatic rings. The molecule has 100 valence electrons. The van der Waals surface area contributed by atoms with Crippen LogP contribution in [0.2, 0.25) is 19.6 Å². The van der Waals surface area contributed by atoms with E-state index >= 15 is 4.20 Å². The Balaban J connectivity index is 2.69. The van der Waals surface area contributed by atoms with E-state index in [0.29, 0.717) is 10.6 Å². The third kappa shape index (κ3) is 3.43. The molecular formula is C15H19FNPSi. The Morgan fingerprint density at radius 1 is 0.789 bits per heavy atom. The summed E-state index contributed by atoms with van der Waals surface area (Å²) < 4.78 is 20.4. The molecule has 0 radical (unpaired) electrons. The number of hydrogen-bond donors (Lipinski definition) is 0. The van der Waals surface area contributed by atoms with Crippen molar-refractivity contribution in [3.8, 4) is 0 Å². The number of nitrogens with zero attached hydrogens (tertiary/aromatic N) is 1. The second kappa shape index (κ2) is 5.44. The number of benzene rings is 2. The van der Waals surface area contributed by atoms with Crippen LogP contribution >= 0.6 is 7.37 Å². The van der Waals surface area contributed by atoms with Gasteiger partial charge in [0.2, 0.25) is 0 Å². The first-order chi connectivity index (χ1) is 8.92. The Kier molecular flexibility index (Phi) is 4.07. The highest BCUT2D eigenvalue weighted by atomic mass is 31.2. The highest BCUT2D eigenvalue weighted by molar-refractivity contribution is 7.77. The van der Waals surface area contributed by atoms with Crippen LogP contribution in [-0.2, 0) is 0 Å². The normalized spacial score (nSPS) is 12.2. The average Bonchev–Trinajstić information content (AvgIpc) is 2.39. The fourth-order valence-electron chi connectivity index (χ4n) is 1.93. The van der Waals surface area contributed by atoms with Crippen molar-refractivity contribution in [2.45, 2.75) is 19.6 Å². The van der Waals surface area contributed by atoms with Crippen molar-refractivity contribution in [2.24, 2.45) is 4.41 Å². The molecule has 0 N–H and O–H groups in total. The van der Waals surface area contributed by atoms with E-state index in [1.165, 1.54) is 0 Å². The molecule has 0 aliphatic carbocycles. The third-order valence-electron chi connectivity index (χ3n) is 2.63. The van der Waals surface area contributed by atoms with Crippen LogP contribution in [0.5, 0.6) is 0 Å². The van der Waals surface area contributed by atoms with Crippen molar-refractivity contribution in [1.82, 2.24) is 0 Å². The molecule has 2 rings (SSSR count). The summed E-state index contributed by atoms with van der Waals surface area (Å²) in [5, 5.41) is 1.42. The van der Waals surface area contributed by atoms with Crippen molar-refractivity contribution in [2.75, 3.05) is 0 Å². The van der Waals surface area contributed by atoms with Gasteiger partial charge in [-0.05, 0) is 19.6 Å². The minimum absolute atomic E-state index is 0.712. The molecule has 19 heavy (non-hydrogen) atoms. The third-order valence-corrected chi connectivity index (χ3v) is 8.10. The first kappa shape index (κ1) is 14.2. The molecule has 0 unspecified atom stereocenters. The summed E-state index contributed by atoms with van der Waals surface area (Å²) in [6.45, 7) is 6.23. The van der Waals surface area contributed by atoms with Gasteiger partial charge in [0.25, 0.3) is 0 Å². The van der Waals surface area contributed by atoms with Gasteiger partial charge in [-0.2, -0.15) is 0 Å². The van der Waals surface area contributed by atoms with Crippen LogP contribution in [0.1, 0.15) is 0 Å². The van der Waals surface area contributed by atoms with Crippen LogP contribution in [0.4, 0.5) is 4.20 Å². The molecule has 0 bridgehead atoms. The van der Waals surface area contributed by atoms with E-state index < -0.39 is 15.6 Å². The maximum atomic E-state index is 15.7. The molecule has 2 aromatic carbocycles. The lowest BCUT2D eigenvalue weighted by molar-refractivity contribution is 0.901. The standard InChI is InChI=1S/C15H19FNPSi/c1-19(2,3)17-18(16,14-10-6-4-7-11-14)15-12-8-5-9-13-15/h4-13H,1-3H3. The van der Waals surface area contributed by atoms with Crippen molar-refractivity contribution >= 4 is 26.2 Å². The number of rotatable bonds is 3. The molecule has 0 fully saturated rings. The summed E-state index contributed by atoms with van der Waals surface area (Å²) in [5.41, 5.74) is 0. The van der Waals surface area contributed by atoms with Crippen molar-refractivity contribution < 1.29 is 4.20 Å². The summed E-state index contributed by atoms with van der Waals surface area (Å²) in [5.74, 6) is 0. The first-order valence-corrected chi connectivity index (χ1v) is 11.4. The fraction of sp³-hybridized carbons (Fsp3) is 0.200. The summed E-state index contributed by atoms with van der Waals surface area (Å²) in [4.78, 5) is 0. The smallest absolute Gasteiger partial charge is 0.180 e. The van der Waals surface area contributed by atoms with E-state index in [-0.39, 0.29) is 0 Å². The predicted molar refractivity (Wildman–Crippen MR) is 86.0 cm³/mol. The van der Waals surface area contributed by atoms with Crippen LogP contribution in [-0.4, -0.2) is 8.24 Å². The maximum absolute atomic E-state index is 15.7. The summed E-state index contributed by atoms with van der Waals surface area (Å²) in [6, 6.07) is 18.8. The zero-order chi connectivity index (χ0) is 13.9. The Hall–Kier alpha value is -1.18. The Bertz CT molecular complexity index is 547. The lowest BCUT2D eigenvalue weighted by Crippen LogP contribution is -2.21. The zero-order valence-electron chi connectivity index (χ0n) is 11.5. The van der Waals surface area contributed by atoms with E-state index in [2.05, 4.69) is 24.1 Å². The summed E-state index contributed by atoms with van der Waals surface area (Å²) >= 11 is 0. The molecule has 4 heteroatoms. The molecule has 0 atom stereocenters. The topological polar surface area (TPSA) is 12.4 Å². The second-order valence-corrected chi connectivity index (χ2v) is 12.8. The van der Waals surface area contributed by atoms with Gasteiger partial charge in [-0.25, -0.2) is 4.20 Å². The van der Waals surface area contributed by atoms with Crippen molar-refractivity contribution in [3.05, 3.63) is 60.7 Å². The Morgan fingerprint density at radius 3 is 1.47 bits per heavy atom. The molecule has 0 saturated carbocycles. The van der Waals surface area contributed by atoms with Crippen molar-refractivity contribution in [3.63, 3.8) is 0 Å². The van der Waals surface area contributed by atoms with Gasteiger partial charge in [0.05, 0.1) is 0 Å². The lowest BCUT2D eigenvalue weighted by atomic mass is 10.4. The van der Waals surface area contributed by atoms with E-state index in [1.54, 1.807) is 0 Å². The first-order valence-electron chi connectivity index (χ1n) is 6.36. The molecule has 0 heterocycles. The number of halogens is 1. The highest BCUT2D eigenvalue weighted by Crippen LogP contribution is 2.50. The SMILES string of the molecule is C[Si](C)(C)N=P(F)(c1ccccc1)c1ccccc1. The van der Waals surface area contributed by atoms with E-state index in [9.17, 15) is 0 Å². The van der Waals surface area contributed by atoms with Crippen LogP contribution in [0.25, 0.3) is 0 Å². The molecule has 0 spiro atoms. The molecular weight excluding hydrogens is 272 g/mol. The van der Waals surface area contributed by atoms with Gasteiger partial charge >= 0.3 is 0 Å². The zero-order valence-corrected chi connectivity index (χ0v) is 13.4. The van der Waals surface area contributed by atoms with Gasteiger partial charge in [0, 0.05) is 10.6 Å². The minimum Gasteiger partial charge on any atom is -0.304 e. The second-order valence-electron chi connectivity index (χ2n) is 5.50. The van der Waals surface area contributed by atoms with Crippen molar-refractivity contribution in [1.29, 1.82) is 0 Å². The van der Waals surface area contributed by atoms with Gasteiger partial charge in [-0.1, -0.05) is 60.7 Å². The fourth-order valence-corrected chi connectivity index (χ4v) is 7.59. The minimum atomic E-state index is -3.11. The van der Waals surface area contributed by atoms with Crippen LogP contribution in [0, 0.1) is 0 Å². The molecule has 0 aromatic heterocycles. The molecule has 0 aliphatic heterocycles. The number of hydrogen-bond acceptors (Lipinski definition) is 1. The Morgan fingerprint density at radius 2 is 1.16 bits per heavy atom. The highest BCUT2D eigenvalue weighted by Gasteiger charge is 2.27. The molecule has 0 aliphatic rings. The quantitative estimate of drug-likeness (QED) is 0.581. The van der Waals surface area contributed by atoms with E-state index in [0.717, 1.165) is 0 Å². The van der Waals surface area contributed by atoms with Gasteiger partial charge in [-0.3, -0.25) is 0 Å². The molecule has 1 nitrogen and oxygen atoms in total. The maximum Gasteiger partial charge on any atom is 0.180 e. The Labute approximate surface area is 115 Å². The van der Waals surface area contributed by atoms with Crippen LogP contribution < -0.4 is 10.6 Å². The molecule has 0 amide bonds. The van der Waals surface area contributed by atoms with Gasteiger partial charge in [-0.15, -0.1) is 0 Å². The largest absolute Gasteiger partial charge is 0.304 e. The van der Waals surface area contributed by atoms with Gasteiger partial charge in [0.15, 0.2) is 15.6 Å². The van der Waals surface area contributed by atoms with Gasteiger partial charge in [0.1, 0.15) is 0 Å². The summed E-state index contributed by atoms with van der Waals surface area (Å²) in [6.07, 6.45) is 0. The molecule has 0 saturated heterocycles. The summed E-state index contributed by atoms with van der Waals surface area (Å²) in [7, 11) is -4.97. The average molecular weight is 291 g/mol. The monoisotopic (exact) mass is 291 g/mol. The van der Waals surface area contributed by atoms with E-state index in [4.69, 9.17) is 0 Å². The van der Waals surface area contributed by atoms with Crippen LogP contribution in [0.3, 0.4) is 0 Å². The van der Waals surface area contributed by atoms with Gasteiger partial charge < -0.3 is 4.41 Å². The van der Waals surface area contributed by atoms with Crippen LogP contribution in [0.15, 0.2) is 65.1 Å². The lowest BCUT2D eigenvalue weighted by Gasteiger charge is -2.22. The van der Waals surface area contributed by atoms with E-state index in [1.807, 2.05) is 60.7 Å². The predicted octanol–water partition coefficient (Wildman–Crippen LogP) is 4.56.